The van der Waals surface area contributed by atoms with E-state index in [2.05, 4.69) is 40.3 Å². The van der Waals surface area contributed by atoms with Gasteiger partial charge >= 0.3 is 5.97 Å². The Hall–Kier alpha value is -4.37. The first-order valence-electron chi connectivity index (χ1n) is 13.1. The van der Waals surface area contributed by atoms with Gasteiger partial charge in [-0.15, -0.1) is 5.10 Å². The van der Waals surface area contributed by atoms with E-state index in [9.17, 15) is 9.18 Å². The summed E-state index contributed by atoms with van der Waals surface area (Å²) >= 11 is 1.35. The smallest absolute Gasteiger partial charge is 0.338 e. The van der Waals surface area contributed by atoms with Gasteiger partial charge in [-0.25, -0.2) is 13.9 Å². The zero-order chi connectivity index (χ0) is 27.6. The summed E-state index contributed by atoms with van der Waals surface area (Å²) in [5.41, 5.74) is 4.87. The minimum Gasteiger partial charge on any atom is -0.463 e. The third-order valence-electron chi connectivity index (χ3n) is 6.95. The standard InChI is InChI=1S/C31H28FN5O2S/c1-3-39-29(38)27-20(2)33-30-34-31(40-19-22-13-7-9-15-25(22)32)35-37(30)28(27)24-18-36(17-21-11-5-4-6-12-21)26-16-10-8-14-23(24)26/h4-16,18,28H,3,17,19H2,1-2H3,(H,33,34,35). The highest BCUT2D eigenvalue weighted by molar-refractivity contribution is 7.98. The van der Waals surface area contributed by atoms with Gasteiger partial charge in [0, 0.05) is 40.7 Å². The zero-order valence-corrected chi connectivity index (χ0v) is 23.0. The molecular formula is C31H28FN5O2S. The first-order valence-corrected chi connectivity index (χ1v) is 14.1. The molecule has 5 aromatic rings. The number of anilines is 1. The lowest BCUT2D eigenvalue weighted by molar-refractivity contribution is -0.139. The molecule has 1 aliphatic heterocycles. The minimum atomic E-state index is -0.562. The van der Waals surface area contributed by atoms with E-state index >= 15 is 0 Å². The van der Waals surface area contributed by atoms with Crippen molar-refractivity contribution in [3.8, 4) is 0 Å². The number of ether oxygens (including phenoxy) is 1. The van der Waals surface area contributed by atoms with Crippen molar-refractivity contribution in [2.24, 2.45) is 0 Å². The third-order valence-corrected chi connectivity index (χ3v) is 7.84. The summed E-state index contributed by atoms with van der Waals surface area (Å²) in [6.45, 7) is 4.58. The number of carbonyl (C=O) groups excluding carboxylic acids is 1. The van der Waals surface area contributed by atoms with Gasteiger partial charge < -0.3 is 14.6 Å². The molecule has 7 nitrogen and oxygen atoms in total. The van der Waals surface area contributed by atoms with Crippen LogP contribution in [0.25, 0.3) is 10.9 Å². The van der Waals surface area contributed by atoms with Gasteiger partial charge in [0.25, 0.3) is 0 Å². The Balaban J connectivity index is 1.45. The Morgan fingerprint density at radius 1 is 1.05 bits per heavy atom. The number of para-hydroxylation sites is 1. The predicted molar refractivity (Wildman–Crippen MR) is 155 cm³/mol. The molecule has 0 aliphatic carbocycles. The lowest BCUT2D eigenvalue weighted by Crippen LogP contribution is -2.29. The Morgan fingerprint density at radius 2 is 1.80 bits per heavy atom. The van der Waals surface area contributed by atoms with Crippen LogP contribution in [-0.2, 0) is 21.8 Å². The molecule has 3 aromatic carbocycles. The van der Waals surface area contributed by atoms with Crippen LogP contribution >= 0.6 is 11.8 Å². The first-order chi connectivity index (χ1) is 19.5. The van der Waals surface area contributed by atoms with Gasteiger partial charge in [0.2, 0.25) is 11.1 Å². The van der Waals surface area contributed by atoms with E-state index in [0.717, 1.165) is 16.5 Å². The lowest BCUT2D eigenvalue weighted by atomic mass is 9.95. The van der Waals surface area contributed by atoms with Crippen LogP contribution in [0.1, 0.15) is 36.6 Å². The molecule has 6 rings (SSSR count). The molecule has 1 unspecified atom stereocenters. The van der Waals surface area contributed by atoms with Crippen molar-refractivity contribution in [3.63, 3.8) is 0 Å². The Labute approximate surface area is 235 Å². The topological polar surface area (TPSA) is 74.0 Å². The second-order valence-corrected chi connectivity index (χ2v) is 10.5. The molecule has 0 radical (unpaired) electrons. The van der Waals surface area contributed by atoms with Crippen molar-refractivity contribution in [3.05, 3.63) is 119 Å². The highest BCUT2D eigenvalue weighted by atomic mass is 32.2. The summed E-state index contributed by atoms with van der Waals surface area (Å²) in [6.07, 6.45) is 2.10. The van der Waals surface area contributed by atoms with E-state index in [-0.39, 0.29) is 12.4 Å². The molecule has 1 N–H and O–H groups in total. The van der Waals surface area contributed by atoms with Gasteiger partial charge in [0.1, 0.15) is 11.9 Å². The molecule has 0 fully saturated rings. The molecular weight excluding hydrogens is 525 g/mol. The second kappa shape index (κ2) is 11.0. The van der Waals surface area contributed by atoms with Gasteiger partial charge in [-0.1, -0.05) is 78.5 Å². The van der Waals surface area contributed by atoms with Gasteiger partial charge in [0.05, 0.1) is 12.2 Å². The lowest BCUT2D eigenvalue weighted by Gasteiger charge is -2.27. The molecule has 0 saturated heterocycles. The fourth-order valence-corrected chi connectivity index (χ4v) is 5.93. The number of allylic oxidation sites excluding steroid dienone is 1. The number of nitrogens with one attached hydrogen (secondary N) is 1. The maximum Gasteiger partial charge on any atom is 0.338 e. The molecule has 3 heterocycles. The van der Waals surface area contributed by atoms with Crippen LogP contribution in [0.15, 0.2) is 101 Å². The van der Waals surface area contributed by atoms with Gasteiger partial charge in [-0.05, 0) is 37.1 Å². The Kier molecular flexibility index (Phi) is 7.13. The number of rotatable bonds is 8. The van der Waals surface area contributed by atoms with Crippen LogP contribution in [0.4, 0.5) is 10.3 Å². The summed E-state index contributed by atoms with van der Waals surface area (Å²) in [7, 11) is 0. The van der Waals surface area contributed by atoms with E-state index < -0.39 is 12.0 Å². The molecule has 202 valence electrons. The summed E-state index contributed by atoms with van der Waals surface area (Å²) in [4.78, 5) is 18.1. The van der Waals surface area contributed by atoms with Crippen molar-refractivity contribution in [2.75, 3.05) is 11.9 Å². The highest BCUT2D eigenvalue weighted by Gasteiger charge is 2.37. The van der Waals surface area contributed by atoms with Crippen molar-refractivity contribution in [2.45, 2.75) is 37.3 Å². The number of carbonyl (C=O) groups is 1. The summed E-state index contributed by atoms with van der Waals surface area (Å²) < 4.78 is 23.7. The molecule has 9 heteroatoms. The van der Waals surface area contributed by atoms with Crippen LogP contribution in [-0.4, -0.2) is 31.9 Å². The largest absolute Gasteiger partial charge is 0.463 e. The molecule has 0 saturated carbocycles. The van der Waals surface area contributed by atoms with E-state index in [1.165, 1.54) is 23.4 Å². The molecule has 40 heavy (non-hydrogen) atoms. The molecule has 1 aliphatic rings. The van der Waals surface area contributed by atoms with Gasteiger partial charge in [-0.2, -0.15) is 4.98 Å². The SMILES string of the molecule is CCOC(=O)C1=C(C)Nc2nc(SCc3ccccc3F)nn2C1c1cn(Cc2ccccc2)c2ccccc12. The number of nitrogens with zero attached hydrogens (tertiary/aromatic N) is 4. The molecule has 0 spiro atoms. The zero-order valence-electron chi connectivity index (χ0n) is 22.2. The maximum absolute atomic E-state index is 14.2. The maximum atomic E-state index is 14.2. The fourth-order valence-electron chi connectivity index (χ4n) is 5.12. The number of fused-ring (bicyclic) bond motifs is 2. The van der Waals surface area contributed by atoms with Crippen LogP contribution in [0.2, 0.25) is 0 Å². The van der Waals surface area contributed by atoms with E-state index in [1.807, 2.05) is 43.3 Å². The average molecular weight is 554 g/mol. The average Bonchev–Trinajstić information content (AvgIpc) is 3.53. The normalized spacial score (nSPS) is 14.7. The first kappa shape index (κ1) is 25.9. The van der Waals surface area contributed by atoms with Crippen LogP contribution in [0.3, 0.4) is 0 Å². The molecule has 0 amide bonds. The van der Waals surface area contributed by atoms with E-state index in [1.54, 1.807) is 23.7 Å². The molecule has 1 atom stereocenters. The van der Waals surface area contributed by atoms with Crippen LogP contribution in [0, 0.1) is 5.82 Å². The minimum absolute atomic E-state index is 0.256. The van der Waals surface area contributed by atoms with Gasteiger partial charge in [-0.3, -0.25) is 0 Å². The second-order valence-electron chi connectivity index (χ2n) is 9.54. The number of halogens is 1. The monoisotopic (exact) mass is 553 g/mol. The number of thioether (sulfide) groups is 1. The van der Waals surface area contributed by atoms with Gasteiger partial charge in [0.15, 0.2) is 0 Å². The molecule has 2 aromatic heterocycles. The van der Waals surface area contributed by atoms with Crippen molar-refractivity contribution in [1.29, 1.82) is 0 Å². The summed E-state index contributed by atoms with van der Waals surface area (Å²) in [5, 5.41) is 9.56. The van der Waals surface area contributed by atoms with Crippen LogP contribution < -0.4 is 5.32 Å². The van der Waals surface area contributed by atoms with Crippen molar-refractivity contribution >= 4 is 34.6 Å². The quantitative estimate of drug-likeness (QED) is 0.173. The number of esters is 1. The predicted octanol–water partition coefficient (Wildman–Crippen LogP) is 6.56. The van der Waals surface area contributed by atoms with Crippen molar-refractivity contribution in [1.82, 2.24) is 19.3 Å². The Morgan fingerprint density at radius 3 is 2.60 bits per heavy atom. The number of hydrogen-bond donors (Lipinski definition) is 1. The van der Waals surface area contributed by atoms with Crippen molar-refractivity contribution < 1.29 is 13.9 Å². The number of benzene rings is 3. The van der Waals surface area contributed by atoms with E-state index in [4.69, 9.17) is 14.8 Å². The van der Waals surface area contributed by atoms with Crippen LogP contribution in [0.5, 0.6) is 0 Å². The Bertz CT molecular complexity index is 1730. The number of aromatic nitrogens is 4. The number of hydrogen-bond acceptors (Lipinski definition) is 6. The highest BCUT2D eigenvalue weighted by Crippen LogP contribution is 2.40. The van der Waals surface area contributed by atoms with E-state index in [0.29, 0.717) is 40.2 Å². The molecule has 0 bridgehead atoms. The third kappa shape index (κ3) is 4.88. The summed E-state index contributed by atoms with van der Waals surface area (Å²) in [5.74, 6) is 0.239. The fraction of sp³-hybridized carbons (Fsp3) is 0.194. The summed E-state index contributed by atoms with van der Waals surface area (Å²) in [6, 6.07) is 24.6.